The number of fused-ring (bicyclic) bond motifs is 1. The fourth-order valence-corrected chi connectivity index (χ4v) is 4.11. The topological polar surface area (TPSA) is 100 Å². The van der Waals surface area contributed by atoms with E-state index < -0.39 is 23.5 Å². The van der Waals surface area contributed by atoms with E-state index in [9.17, 15) is 19.8 Å². The van der Waals surface area contributed by atoms with Gasteiger partial charge in [-0.3, -0.25) is 9.59 Å². The molecule has 4 rings (SSSR count). The van der Waals surface area contributed by atoms with Gasteiger partial charge in [0.1, 0.15) is 5.58 Å². The fraction of sp³-hybridized carbons (Fsp3) is 0.250. The van der Waals surface area contributed by atoms with Crippen molar-refractivity contribution in [1.82, 2.24) is 4.90 Å². The van der Waals surface area contributed by atoms with Gasteiger partial charge in [0.05, 0.1) is 18.7 Å². The van der Waals surface area contributed by atoms with E-state index >= 15 is 0 Å². The number of hydrogen-bond donors (Lipinski definition) is 2. The molecule has 1 amide bonds. The van der Waals surface area contributed by atoms with E-state index in [0.29, 0.717) is 34.5 Å². The highest BCUT2D eigenvalue weighted by Gasteiger charge is 2.44. The lowest BCUT2D eigenvalue weighted by atomic mass is 9.94. The Morgan fingerprint density at radius 1 is 1.19 bits per heavy atom. The zero-order chi connectivity index (χ0) is 23.0. The molecule has 0 saturated carbocycles. The number of ketones is 1. The van der Waals surface area contributed by atoms with Crippen molar-refractivity contribution < 1.29 is 29.0 Å². The first-order chi connectivity index (χ1) is 15.3. The number of amides is 1. The smallest absolute Gasteiger partial charge is 0.290 e. The zero-order valence-electron chi connectivity index (χ0n) is 17.6. The summed E-state index contributed by atoms with van der Waals surface area (Å²) in [4.78, 5) is 27.8. The summed E-state index contributed by atoms with van der Waals surface area (Å²) in [7, 11) is 1.43. The van der Waals surface area contributed by atoms with E-state index in [1.165, 1.54) is 24.1 Å². The van der Waals surface area contributed by atoms with Gasteiger partial charge >= 0.3 is 0 Å². The Kier molecular flexibility index (Phi) is 5.84. The van der Waals surface area contributed by atoms with E-state index in [0.717, 1.165) is 6.42 Å². The van der Waals surface area contributed by atoms with Crippen molar-refractivity contribution in [2.45, 2.75) is 25.8 Å². The maximum absolute atomic E-state index is 13.5. The first kappa shape index (κ1) is 21.8. The van der Waals surface area contributed by atoms with Gasteiger partial charge in [-0.2, -0.15) is 0 Å². The molecular formula is C24H22ClNO6. The van der Waals surface area contributed by atoms with Gasteiger partial charge in [0.2, 0.25) is 5.78 Å². The Morgan fingerprint density at radius 3 is 2.66 bits per heavy atom. The number of Topliss-reactive ketones (excluding diaryl/α,β-unsaturated/α-hetero) is 1. The van der Waals surface area contributed by atoms with Crippen LogP contribution in [0.15, 0.2) is 58.2 Å². The molecule has 8 heteroatoms. The number of ether oxygens (including phenoxy) is 1. The molecule has 0 fully saturated rings. The van der Waals surface area contributed by atoms with Crippen LogP contribution in [0, 0.1) is 0 Å². The van der Waals surface area contributed by atoms with Crippen LogP contribution in [0.4, 0.5) is 0 Å². The van der Waals surface area contributed by atoms with Crippen LogP contribution in [0.5, 0.6) is 11.5 Å². The SMILES string of the molecule is CCCCN1C(=O)C(O)=C(C(=O)c2cc3cc(Cl)ccc3o2)C1c1ccc(OC)c(O)c1. The second-order valence-electron chi connectivity index (χ2n) is 7.57. The number of phenolic OH excluding ortho intramolecular Hbond substituents is 1. The summed E-state index contributed by atoms with van der Waals surface area (Å²) in [6, 6.07) is 10.2. The largest absolute Gasteiger partial charge is 0.504 e. The van der Waals surface area contributed by atoms with Crippen molar-refractivity contribution >= 4 is 34.3 Å². The molecule has 1 aromatic heterocycles. The number of carbonyl (C=O) groups is 2. The Hall–Kier alpha value is -3.45. The standard InChI is InChI=1S/C24H22ClNO6/c1-3-4-9-26-21(13-5-7-18(31-2)16(27)11-13)20(23(29)24(26)30)22(28)19-12-14-10-15(25)6-8-17(14)32-19/h5-8,10-12,21,27,29H,3-4,9H2,1-2H3. The lowest BCUT2D eigenvalue weighted by molar-refractivity contribution is -0.129. The number of aliphatic hydroxyl groups is 1. The van der Waals surface area contributed by atoms with Crippen LogP contribution < -0.4 is 4.74 Å². The minimum Gasteiger partial charge on any atom is -0.504 e. The molecule has 0 spiro atoms. The quantitative estimate of drug-likeness (QED) is 0.476. The van der Waals surface area contributed by atoms with E-state index in [1.54, 1.807) is 30.3 Å². The molecule has 0 aliphatic carbocycles. The lowest BCUT2D eigenvalue weighted by Crippen LogP contribution is -2.32. The number of unbranched alkanes of at least 4 members (excludes halogenated alkanes) is 1. The van der Waals surface area contributed by atoms with Gasteiger partial charge in [0.25, 0.3) is 5.91 Å². The summed E-state index contributed by atoms with van der Waals surface area (Å²) in [6.45, 7) is 2.32. The molecule has 0 saturated heterocycles. The summed E-state index contributed by atoms with van der Waals surface area (Å²) >= 11 is 6.03. The third-order valence-corrected chi connectivity index (χ3v) is 5.76. The van der Waals surface area contributed by atoms with Gasteiger partial charge in [-0.15, -0.1) is 0 Å². The summed E-state index contributed by atoms with van der Waals surface area (Å²) in [5, 5.41) is 22.1. The maximum Gasteiger partial charge on any atom is 0.290 e. The first-order valence-electron chi connectivity index (χ1n) is 10.2. The third-order valence-electron chi connectivity index (χ3n) is 5.52. The number of furan rings is 1. The highest BCUT2D eigenvalue weighted by atomic mass is 35.5. The van der Waals surface area contributed by atoms with Crippen molar-refractivity contribution in [2.24, 2.45) is 0 Å². The number of benzene rings is 2. The first-order valence-corrected chi connectivity index (χ1v) is 10.6. The molecule has 3 aromatic rings. The number of methoxy groups -OCH3 is 1. The minimum absolute atomic E-state index is 0.0170. The molecular weight excluding hydrogens is 434 g/mol. The van der Waals surface area contributed by atoms with Crippen LogP contribution in [0.2, 0.25) is 5.02 Å². The number of hydrogen-bond acceptors (Lipinski definition) is 6. The number of aromatic hydroxyl groups is 1. The second kappa shape index (κ2) is 8.59. The van der Waals surface area contributed by atoms with E-state index in [4.69, 9.17) is 20.8 Å². The van der Waals surface area contributed by atoms with Crippen LogP contribution in [0.3, 0.4) is 0 Å². The van der Waals surface area contributed by atoms with Crippen molar-refractivity contribution in [1.29, 1.82) is 0 Å². The Labute approximate surface area is 189 Å². The van der Waals surface area contributed by atoms with Crippen LogP contribution in [0.1, 0.15) is 41.9 Å². The number of carbonyl (C=O) groups excluding carboxylic acids is 2. The number of aliphatic hydroxyl groups excluding tert-OH is 1. The van der Waals surface area contributed by atoms with Gasteiger partial charge in [-0.25, -0.2) is 0 Å². The number of phenols is 1. The van der Waals surface area contributed by atoms with Crippen molar-refractivity contribution in [3.8, 4) is 11.5 Å². The predicted octanol–water partition coefficient (Wildman–Crippen LogP) is 5.18. The molecule has 7 nitrogen and oxygen atoms in total. The molecule has 1 aliphatic heterocycles. The van der Waals surface area contributed by atoms with Gasteiger partial charge in [-0.1, -0.05) is 31.0 Å². The number of nitrogens with zero attached hydrogens (tertiary/aromatic N) is 1. The van der Waals surface area contributed by atoms with Crippen molar-refractivity contribution in [3.05, 3.63) is 70.1 Å². The Bertz CT molecular complexity index is 1240. The predicted molar refractivity (Wildman–Crippen MR) is 119 cm³/mol. The van der Waals surface area contributed by atoms with Crippen molar-refractivity contribution in [3.63, 3.8) is 0 Å². The summed E-state index contributed by atoms with van der Waals surface area (Å²) in [5.41, 5.74) is 0.837. The average molecular weight is 456 g/mol. The Morgan fingerprint density at radius 2 is 1.97 bits per heavy atom. The van der Waals surface area contributed by atoms with Crippen LogP contribution >= 0.6 is 11.6 Å². The molecule has 1 aliphatic rings. The van der Waals surface area contributed by atoms with Crippen LogP contribution in [-0.2, 0) is 4.79 Å². The highest BCUT2D eigenvalue weighted by Crippen LogP contribution is 2.42. The van der Waals surface area contributed by atoms with E-state index in [2.05, 4.69) is 0 Å². The minimum atomic E-state index is -0.879. The molecule has 2 N–H and O–H groups in total. The van der Waals surface area contributed by atoms with Crippen LogP contribution in [-0.4, -0.2) is 40.5 Å². The van der Waals surface area contributed by atoms with E-state index in [-0.39, 0.29) is 22.8 Å². The molecule has 2 heterocycles. The molecule has 0 bridgehead atoms. The number of halogens is 1. The molecule has 0 radical (unpaired) electrons. The second-order valence-corrected chi connectivity index (χ2v) is 8.01. The van der Waals surface area contributed by atoms with E-state index in [1.807, 2.05) is 6.92 Å². The normalized spacial score (nSPS) is 16.3. The van der Waals surface area contributed by atoms with Gasteiger partial charge in [-0.05, 0) is 48.4 Å². The molecule has 1 atom stereocenters. The van der Waals surface area contributed by atoms with Gasteiger partial charge in [0, 0.05) is 17.0 Å². The van der Waals surface area contributed by atoms with Gasteiger partial charge < -0.3 is 24.3 Å². The summed E-state index contributed by atoms with van der Waals surface area (Å²) < 4.78 is 10.8. The van der Waals surface area contributed by atoms with Crippen LogP contribution in [0.25, 0.3) is 11.0 Å². The average Bonchev–Trinajstić information content (AvgIpc) is 3.30. The molecule has 2 aromatic carbocycles. The molecule has 166 valence electrons. The van der Waals surface area contributed by atoms with Gasteiger partial charge in [0.15, 0.2) is 23.0 Å². The molecule has 1 unspecified atom stereocenters. The Balaban J connectivity index is 1.81. The fourth-order valence-electron chi connectivity index (χ4n) is 3.93. The molecule has 32 heavy (non-hydrogen) atoms. The maximum atomic E-state index is 13.5. The zero-order valence-corrected chi connectivity index (χ0v) is 18.3. The monoisotopic (exact) mass is 455 g/mol. The summed E-state index contributed by atoms with van der Waals surface area (Å²) in [6.07, 6.45) is 1.50. The summed E-state index contributed by atoms with van der Waals surface area (Å²) in [5.74, 6) is -1.76. The highest BCUT2D eigenvalue weighted by molar-refractivity contribution is 6.31. The lowest BCUT2D eigenvalue weighted by Gasteiger charge is -2.26. The van der Waals surface area contributed by atoms with Crippen molar-refractivity contribution in [2.75, 3.05) is 13.7 Å². The number of rotatable bonds is 7. The third kappa shape index (κ3) is 3.69.